The summed E-state index contributed by atoms with van der Waals surface area (Å²) in [7, 11) is -3.44. The molecule has 2 heterocycles. The summed E-state index contributed by atoms with van der Waals surface area (Å²) >= 11 is 1.31. The summed E-state index contributed by atoms with van der Waals surface area (Å²) in [6.07, 6.45) is 2.97. The van der Waals surface area contributed by atoms with Crippen molar-refractivity contribution in [2.75, 3.05) is 18.4 Å². The standard InChI is InChI=1S/C17H24N4O2S2/c1-13(2)16-19-17(24-20-16)18-12-14-8-4-5-9-15(14)25(22,23)21-10-6-3-7-11-21/h4-5,8-9,13H,3,6-7,10-12H2,1-2H3,(H,18,19,20). The molecule has 2 aromatic rings. The molecule has 8 heteroatoms. The van der Waals surface area contributed by atoms with Crippen LogP contribution in [0.4, 0.5) is 5.13 Å². The van der Waals surface area contributed by atoms with Crippen molar-refractivity contribution in [1.82, 2.24) is 13.7 Å². The maximum Gasteiger partial charge on any atom is 0.243 e. The fourth-order valence-corrected chi connectivity index (χ4v) is 5.30. The van der Waals surface area contributed by atoms with Gasteiger partial charge in [0.1, 0.15) is 5.82 Å². The molecule has 0 radical (unpaired) electrons. The molecule has 1 fully saturated rings. The van der Waals surface area contributed by atoms with E-state index in [0.717, 1.165) is 30.7 Å². The van der Waals surface area contributed by atoms with Crippen LogP contribution in [-0.4, -0.2) is 35.2 Å². The molecular weight excluding hydrogens is 356 g/mol. The van der Waals surface area contributed by atoms with E-state index >= 15 is 0 Å². The number of benzene rings is 1. The van der Waals surface area contributed by atoms with Crippen molar-refractivity contribution in [3.8, 4) is 0 Å². The van der Waals surface area contributed by atoms with Crippen molar-refractivity contribution in [2.24, 2.45) is 0 Å². The number of hydrogen-bond donors (Lipinski definition) is 1. The zero-order valence-electron chi connectivity index (χ0n) is 14.6. The Hall–Kier alpha value is -1.51. The first-order valence-corrected chi connectivity index (χ1v) is 10.9. The average Bonchev–Trinajstić information content (AvgIpc) is 3.10. The zero-order chi connectivity index (χ0) is 17.9. The first-order valence-electron chi connectivity index (χ1n) is 8.64. The van der Waals surface area contributed by atoms with Gasteiger partial charge in [-0.3, -0.25) is 0 Å². The maximum absolute atomic E-state index is 13.0. The van der Waals surface area contributed by atoms with Crippen LogP contribution in [0.2, 0.25) is 0 Å². The third kappa shape index (κ3) is 4.19. The highest BCUT2D eigenvalue weighted by Gasteiger charge is 2.27. The van der Waals surface area contributed by atoms with E-state index in [0.29, 0.717) is 29.7 Å². The number of nitrogens with zero attached hydrogens (tertiary/aromatic N) is 3. The minimum Gasteiger partial charge on any atom is -0.356 e. The van der Waals surface area contributed by atoms with E-state index in [9.17, 15) is 8.42 Å². The second kappa shape index (κ2) is 7.80. The molecule has 0 saturated carbocycles. The predicted octanol–water partition coefficient (Wildman–Crippen LogP) is 3.45. The largest absolute Gasteiger partial charge is 0.356 e. The summed E-state index contributed by atoms with van der Waals surface area (Å²) < 4.78 is 31.9. The van der Waals surface area contributed by atoms with Gasteiger partial charge in [0.15, 0.2) is 0 Å². The highest BCUT2D eigenvalue weighted by molar-refractivity contribution is 7.89. The summed E-state index contributed by atoms with van der Waals surface area (Å²) in [6.45, 7) is 5.73. The first-order chi connectivity index (χ1) is 12.0. The van der Waals surface area contributed by atoms with E-state index in [-0.39, 0.29) is 5.92 Å². The lowest BCUT2D eigenvalue weighted by Crippen LogP contribution is -2.36. The van der Waals surface area contributed by atoms with Crippen LogP contribution >= 0.6 is 11.5 Å². The molecule has 0 unspecified atom stereocenters. The van der Waals surface area contributed by atoms with Crippen molar-refractivity contribution in [1.29, 1.82) is 0 Å². The van der Waals surface area contributed by atoms with Crippen LogP contribution in [0.1, 0.15) is 50.4 Å². The van der Waals surface area contributed by atoms with Gasteiger partial charge in [-0.2, -0.15) is 8.68 Å². The Morgan fingerprint density at radius 1 is 1.20 bits per heavy atom. The fourth-order valence-electron chi connectivity index (χ4n) is 2.86. The Kier molecular flexibility index (Phi) is 5.71. The zero-order valence-corrected chi connectivity index (χ0v) is 16.2. The number of sulfonamides is 1. The van der Waals surface area contributed by atoms with Gasteiger partial charge in [0.05, 0.1) is 4.90 Å². The van der Waals surface area contributed by atoms with Gasteiger partial charge < -0.3 is 5.32 Å². The Balaban J connectivity index is 1.78. The lowest BCUT2D eigenvalue weighted by Gasteiger charge is -2.26. The molecular formula is C17H24N4O2S2. The first kappa shape index (κ1) is 18.3. The molecule has 1 saturated heterocycles. The third-order valence-corrected chi connectivity index (χ3v) is 6.98. The summed E-state index contributed by atoms with van der Waals surface area (Å²) in [5, 5.41) is 3.93. The molecule has 1 aliphatic heterocycles. The van der Waals surface area contributed by atoms with Crippen molar-refractivity contribution in [2.45, 2.75) is 50.5 Å². The van der Waals surface area contributed by atoms with Crippen LogP contribution in [0.25, 0.3) is 0 Å². The Morgan fingerprint density at radius 2 is 1.92 bits per heavy atom. The quantitative estimate of drug-likeness (QED) is 0.831. The van der Waals surface area contributed by atoms with E-state index in [1.165, 1.54) is 11.5 Å². The van der Waals surface area contributed by atoms with E-state index in [1.807, 2.05) is 26.0 Å². The highest BCUT2D eigenvalue weighted by atomic mass is 32.2. The van der Waals surface area contributed by atoms with Crippen molar-refractivity contribution >= 4 is 26.7 Å². The topological polar surface area (TPSA) is 75.2 Å². The maximum atomic E-state index is 13.0. The van der Waals surface area contributed by atoms with Crippen LogP contribution in [0.15, 0.2) is 29.2 Å². The molecule has 6 nitrogen and oxygen atoms in total. The molecule has 1 aliphatic rings. The van der Waals surface area contributed by atoms with Crippen LogP contribution in [0, 0.1) is 0 Å². The van der Waals surface area contributed by atoms with Gasteiger partial charge in [0, 0.05) is 37.1 Å². The molecule has 1 N–H and O–H groups in total. The molecule has 0 aliphatic carbocycles. The van der Waals surface area contributed by atoms with E-state index < -0.39 is 10.0 Å². The molecule has 0 spiro atoms. The van der Waals surface area contributed by atoms with E-state index in [4.69, 9.17) is 0 Å². The number of anilines is 1. The smallest absolute Gasteiger partial charge is 0.243 e. The van der Waals surface area contributed by atoms with E-state index in [2.05, 4.69) is 14.7 Å². The SMILES string of the molecule is CC(C)c1nsc(NCc2ccccc2S(=O)(=O)N2CCCCC2)n1. The summed E-state index contributed by atoms with van der Waals surface area (Å²) in [6, 6.07) is 7.20. The molecule has 0 bridgehead atoms. The second-order valence-electron chi connectivity index (χ2n) is 6.54. The third-order valence-electron chi connectivity index (χ3n) is 4.29. The number of piperidine rings is 1. The Morgan fingerprint density at radius 3 is 2.60 bits per heavy atom. The highest BCUT2D eigenvalue weighted by Crippen LogP contribution is 2.25. The molecule has 1 aromatic heterocycles. The minimum atomic E-state index is -3.44. The number of hydrogen-bond acceptors (Lipinski definition) is 6. The van der Waals surface area contributed by atoms with Gasteiger partial charge in [-0.1, -0.05) is 38.5 Å². The molecule has 1 aromatic carbocycles. The van der Waals surface area contributed by atoms with Crippen LogP contribution in [-0.2, 0) is 16.6 Å². The van der Waals surface area contributed by atoms with Gasteiger partial charge in [-0.15, -0.1) is 0 Å². The summed E-state index contributed by atoms with van der Waals surface area (Å²) in [5.74, 6) is 1.08. The van der Waals surface area contributed by atoms with Gasteiger partial charge in [-0.05, 0) is 24.5 Å². The number of aromatic nitrogens is 2. The van der Waals surface area contributed by atoms with Crippen molar-refractivity contribution in [3.05, 3.63) is 35.7 Å². The number of rotatable bonds is 6. The van der Waals surface area contributed by atoms with Gasteiger partial charge in [0.25, 0.3) is 0 Å². The molecule has 0 amide bonds. The predicted molar refractivity (Wildman–Crippen MR) is 100 cm³/mol. The molecule has 0 atom stereocenters. The van der Waals surface area contributed by atoms with Crippen molar-refractivity contribution < 1.29 is 8.42 Å². The van der Waals surface area contributed by atoms with Gasteiger partial charge in [-0.25, -0.2) is 13.4 Å². The Labute approximate surface area is 153 Å². The van der Waals surface area contributed by atoms with E-state index in [1.54, 1.807) is 16.4 Å². The second-order valence-corrected chi connectivity index (χ2v) is 9.20. The molecule has 3 rings (SSSR count). The summed E-state index contributed by atoms with van der Waals surface area (Å²) in [5.41, 5.74) is 0.759. The molecule has 136 valence electrons. The monoisotopic (exact) mass is 380 g/mol. The van der Waals surface area contributed by atoms with Gasteiger partial charge in [0.2, 0.25) is 15.2 Å². The van der Waals surface area contributed by atoms with Crippen LogP contribution < -0.4 is 5.32 Å². The Bertz CT molecular complexity index is 812. The lowest BCUT2D eigenvalue weighted by molar-refractivity contribution is 0.346. The number of nitrogens with one attached hydrogen (secondary N) is 1. The molecule has 25 heavy (non-hydrogen) atoms. The van der Waals surface area contributed by atoms with Crippen LogP contribution in [0.5, 0.6) is 0 Å². The van der Waals surface area contributed by atoms with Gasteiger partial charge >= 0.3 is 0 Å². The fraction of sp³-hybridized carbons (Fsp3) is 0.529. The average molecular weight is 381 g/mol. The summed E-state index contributed by atoms with van der Waals surface area (Å²) in [4.78, 5) is 4.83. The van der Waals surface area contributed by atoms with Crippen LogP contribution in [0.3, 0.4) is 0 Å². The lowest BCUT2D eigenvalue weighted by atomic mass is 10.2. The normalized spacial score (nSPS) is 16.3. The van der Waals surface area contributed by atoms with Crippen molar-refractivity contribution in [3.63, 3.8) is 0 Å². The minimum absolute atomic E-state index is 0.276.